The van der Waals surface area contributed by atoms with E-state index in [-0.39, 0.29) is 12.5 Å². The van der Waals surface area contributed by atoms with Crippen LogP contribution in [-0.2, 0) is 0 Å². The molecule has 9 heavy (non-hydrogen) atoms. The highest BCUT2D eigenvalue weighted by molar-refractivity contribution is 6.41. The van der Waals surface area contributed by atoms with Gasteiger partial charge in [0.1, 0.15) is 0 Å². The minimum atomic E-state index is -1.34. The summed E-state index contributed by atoms with van der Waals surface area (Å²) in [6, 6.07) is 0.145. The summed E-state index contributed by atoms with van der Waals surface area (Å²) in [5, 5.41) is 18.2. The van der Waals surface area contributed by atoms with E-state index in [2.05, 4.69) is 0 Å². The smallest absolute Gasteiger partial charge is 0.426 e. The van der Waals surface area contributed by atoms with E-state index in [0.29, 0.717) is 0 Å². The molecule has 4 nitrogen and oxygen atoms in total. The van der Waals surface area contributed by atoms with E-state index in [1.165, 1.54) is 5.01 Å². The van der Waals surface area contributed by atoms with Gasteiger partial charge in [0, 0.05) is 12.5 Å². The third kappa shape index (κ3) is 4.41. The summed E-state index contributed by atoms with van der Waals surface area (Å²) in [5.41, 5.74) is 0. The summed E-state index contributed by atoms with van der Waals surface area (Å²) in [5.74, 6) is 5.33. The monoisotopic (exact) mass is 132 g/mol. The summed E-state index contributed by atoms with van der Waals surface area (Å²) < 4.78 is 0. The van der Waals surface area contributed by atoms with Crippen molar-refractivity contribution in [2.75, 3.05) is 6.44 Å². The maximum atomic E-state index is 8.41. The van der Waals surface area contributed by atoms with Gasteiger partial charge >= 0.3 is 7.12 Å². The van der Waals surface area contributed by atoms with Crippen LogP contribution in [0.25, 0.3) is 0 Å². The van der Waals surface area contributed by atoms with Gasteiger partial charge in [-0.05, 0) is 13.8 Å². The van der Waals surface area contributed by atoms with E-state index < -0.39 is 7.12 Å². The fraction of sp³-hybridized carbons (Fsp3) is 1.00. The molecule has 4 N–H and O–H groups in total. The van der Waals surface area contributed by atoms with Crippen LogP contribution in [0.1, 0.15) is 13.8 Å². The summed E-state index contributed by atoms with van der Waals surface area (Å²) in [6.07, 6.45) is 0.0949. The first-order valence-corrected chi connectivity index (χ1v) is 2.91. The molecule has 0 aromatic rings. The van der Waals surface area contributed by atoms with Crippen LogP contribution < -0.4 is 5.84 Å². The van der Waals surface area contributed by atoms with Crippen LogP contribution >= 0.6 is 0 Å². The Morgan fingerprint density at radius 2 is 2.00 bits per heavy atom. The third-order valence-electron chi connectivity index (χ3n) is 1.04. The van der Waals surface area contributed by atoms with E-state index in [0.717, 1.165) is 0 Å². The highest BCUT2D eigenvalue weighted by Gasteiger charge is 2.12. The zero-order chi connectivity index (χ0) is 7.44. The molecule has 0 aliphatic carbocycles. The minimum absolute atomic E-state index is 0.0949. The number of nitrogens with zero attached hydrogens (tertiary/aromatic N) is 1. The molecule has 0 aromatic carbocycles. The summed E-state index contributed by atoms with van der Waals surface area (Å²) >= 11 is 0. The van der Waals surface area contributed by atoms with Gasteiger partial charge in [0.05, 0.1) is 0 Å². The molecular formula is C4H13BN2O2. The first-order valence-electron chi connectivity index (χ1n) is 2.91. The van der Waals surface area contributed by atoms with Crippen molar-refractivity contribution in [2.24, 2.45) is 5.84 Å². The van der Waals surface area contributed by atoms with Crippen molar-refractivity contribution in [1.29, 1.82) is 0 Å². The van der Waals surface area contributed by atoms with Gasteiger partial charge in [-0.15, -0.1) is 0 Å². The van der Waals surface area contributed by atoms with Gasteiger partial charge in [0.25, 0.3) is 0 Å². The molecule has 0 radical (unpaired) electrons. The average Bonchev–Trinajstić information content (AvgIpc) is 1.63. The van der Waals surface area contributed by atoms with Crippen molar-refractivity contribution in [3.8, 4) is 0 Å². The Hall–Kier alpha value is -0.0951. The lowest BCUT2D eigenvalue weighted by atomic mass is 9.92. The van der Waals surface area contributed by atoms with Gasteiger partial charge in [-0.25, -0.2) is 5.01 Å². The number of nitrogens with two attached hydrogens (primary N) is 1. The van der Waals surface area contributed by atoms with Gasteiger partial charge < -0.3 is 10.0 Å². The number of rotatable bonds is 3. The molecule has 0 atom stereocenters. The Bertz CT molecular complexity index is 79.0. The first-order chi connectivity index (χ1) is 4.04. The standard InChI is InChI=1S/C4H13BN2O2/c1-4(2)7(6)3-5(8)9/h4,8-9H,3,6H2,1-2H3. The molecule has 0 unspecified atom stereocenters. The van der Waals surface area contributed by atoms with Crippen LogP contribution in [-0.4, -0.2) is 34.7 Å². The van der Waals surface area contributed by atoms with Crippen LogP contribution in [0.4, 0.5) is 0 Å². The molecule has 0 saturated carbocycles. The number of hydrazine groups is 1. The van der Waals surface area contributed by atoms with E-state index >= 15 is 0 Å². The molecule has 54 valence electrons. The van der Waals surface area contributed by atoms with Crippen LogP contribution in [0.2, 0.25) is 0 Å². The Kier molecular flexibility index (Phi) is 3.80. The van der Waals surface area contributed by atoms with Crippen LogP contribution in [0.15, 0.2) is 0 Å². The Morgan fingerprint density at radius 1 is 1.56 bits per heavy atom. The molecule has 0 aliphatic heterocycles. The van der Waals surface area contributed by atoms with Crippen molar-refractivity contribution in [1.82, 2.24) is 5.01 Å². The van der Waals surface area contributed by atoms with Gasteiger partial charge in [-0.2, -0.15) is 0 Å². The number of hydrogen-bond donors (Lipinski definition) is 3. The quantitative estimate of drug-likeness (QED) is 0.250. The molecule has 0 rings (SSSR count). The lowest BCUT2D eigenvalue weighted by molar-refractivity contribution is 0.237. The fourth-order valence-corrected chi connectivity index (χ4v) is 0.399. The van der Waals surface area contributed by atoms with Crippen LogP contribution in [0, 0.1) is 0 Å². The van der Waals surface area contributed by atoms with Gasteiger partial charge in [0.15, 0.2) is 0 Å². The Morgan fingerprint density at radius 3 is 2.11 bits per heavy atom. The predicted octanol–water partition coefficient (Wildman–Crippen LogP) is -1.42. The van der Waals surface area contributed by atoms with Crippen LogP contribution in [0.5, 0.6) is 0 Å². The lowest BCUT2D eigenvalue weighted by Crippen LogP contribution is -2.44. The molecule has 0 spiro atoms. The second kappa shape index (κ2) is 3.84. The summed E-state index contributed by atoms with van der Waals surface area (Å²) in [7, 11) is -1.34. The first kappa shape index (κ1) is 8.90. The van der Waals surface area contributed by atoms with Crippen molar-refractivity contribution >= 4 is 7.12 Å². The third-order valence-corrected chi connectivity index (χ3v) is 1.04. The molecule has 0 aromatic heterocycles. The lowest BCUT2D eigenvalue weighted by Gasteiger charge is -2.19. The highest BCUT2D eigenvalue weighted by atomic mass is 16.4. The highest BCUT2D eigenvalue weighted by Crippen LogP contribution is 1.88. The second-order valence-electron chi connectivity index (χ2n) is 2.27. The molecule has 0 aliphatic rings. The molecular weight excluding hydrogens is 119 g/mol. The molecule has 0 bridgehead atoms. The minimum Gasteiger partial charge on any atom is -0.426 e. The molecule has 0 saturated heterocycles. The largest absolute Gasteiger partial charge is 0.468 e. The summed E-state index contributed by atoms with van der Waals surface area (Å²) in [6.45, 7) is 3.75. The van der Waals surface area contributed by atoms with E-state index in [1.54, 1.807) is 0 Å². The van der Waals surface area contributed by atoms with Crippen LogP contribution in [0.3, 0.4) is 0 Å². The molecule has 5 heteroatoms. The normalized spacial score (nSPS) is 11.0. The number of hydrogen-bond acceptors (Lipinski definition) is 4. The van der Waals surface area contributed by atoms with Crippen molar-refractivity contribution < 1.29 is 10.0 Å². The maximum absolute atomic E-state index is 8.41. The summed E-state index contributed by atoms with van der Waals surface area (Å²) in [4.78, 5) is 0. The van der Waals surface area contributed by atoms with E-state index in [9.17, 15) is 0 Å². The van der Waals surface area contributed by atoms with Gasteiger partial charge in [-0.1, -0.05) is 0 Å². The van der Waals surface area contributed by atoms with Gasteiger partial charge in [0.2, 0.25) is 0 Å². The fourth-order valence-electron chi connectivity index (χ4n) is 0.399. The topological polar surface area (TPSA) is 69.7 Å². The second-order valence-corrected chi connectivity index (χ2v) is 2.27. The predicted molar refractivity (Wildman–Crippen MR) is 36.2 cm³/mol. The SMILES string of the molecule is CC(C)N(N)CB(O)O. The molecule has 0 amide bonds. The average molecular weight is 132 g/mol. The zero-order valence-electron chi connectivity index (χ0n) is 5.78. The zero-order valence-corrected chi connectivity index (χ0v) is 5.78. The molecule has 0 heterocycles. The van der Waals surface area contributed by atoms with Crippen molar-refractivity contribution in [2.45, 2.75) is 19.9 Å². The maximum Gasteiger partial charge on any atom is 0.468 e. The van der Waals surface area contributed by atoms with Gasteiger partial charge in [-0.3, -0.25) is 5.84 Å². The molecule has 0 fully saturated rings. The van der Waals surface area contributed by atoms with Crippen molar-refractivity contribution in [3.05, 3.63) is 0 Å². The Balaban J connectivity index is 3.38. The van der Waals surface area contributed by atoms with E-state index in [4.69, 9.17) is 15.9 Å². The van der Waals surface area contributed by atoms with E-state index in [1.807, 2.05) is 13.8 Å². The Labute approximate surface area is 55.4 Å². The van der Waals surface area contributed by atoms with Crippen molar-refractivity contribution in [3.63, 3.8) is 0 Å².